The molecule has 0 radical (unpaired) electrons. The van der Waals surface area contributed by atoms with E-state index in [0.717, 1.165) is 23.1 Å². The van der Waals surface area contributed by atoms with Gasteiger partial charge in [0.25, 0.3) is 5.91 Å². The maximum atomic E-state index is 12.4. The number of benzene rings is 3. The fourth-order valence-corrected chi connectivity index (χ4v) is 3.19. The molecule has 1 aliphatic rings. The molecule has 4 rings (SSSR count). The van der Waals surface area contributed by atoms with Gasteiger partial charge < -0.3 is 14.6 Å². The molecule has 3 aromatic carbocycles. The largest absolute Gasteiger partial charge is 0.502 e. The van der Waals surface area contributed by atoms with Crippen LogP contribution in [-0.2, 0) is 4.79 Å². The molecule has 0 bridgehead atoms. The molecule has 0 aliphatic carbocycles. The van der Waals surface area contributed by atoms with Crippen molar-refractivity contribution in [3.63, 3.8) is 0 Å². The van der Waals surface area contributed by atoms with Crippen molar-refractivity contribution in [2.24, 2.45) is 5.10 Å². The standard InChI is InChI=1S/C20H14ClN3O6/c21-14-5-13(19(25)15(8-14)24(27)28)9-22-23-20(26)18-10-29-16-6-11-3-1-2-4-12(11)7-17(16)30-18/h1-9,18,25H,10H2,(H,23,26). The van der Waals surface area contributed by atoms with E-state index >= 15 is 0 Å². The summed E-state index contributed by atoms with van der Waals surface area (Å²) in [6.45, 7) is -0.0133. The average molecular weight is 428 g/mol. The van der Waals surface area contributed by atoms with Crippen LogP contribution in [0.3, 0.4) is 0 Å². The summed E-state index contributed by atoms with van der Waals surface area (Å²) in [6, 6.07) is 13.6. The summed E-state index contributed by atoms with van der Waals surface area (Å²) in [5.74, 6) is -0.217. The molecule has 3 aromatic rings. The number of carbonyl (C=O) groups is 1. The second-order valence-electron chi connectivity index (χ2n) is 6.42. The Hall–Kier alpha value is -3.85. The number of ether oxygens (including phenoxy) is 2. The van der Waals surface area contributed by atoms with E-state index < -0.39 is 28.4 Å². The number of halogens is 1. The van der Waals surface area contributed by atoms with Crippen LogP contribution in [-0.4, -0.2) is 34.9 Å². The molecule has 9 nitrogen and oxygen atoms in total. The number of nitrogens with one attached hydrogen (secondary N) is 1. The van der Waals surface area contributed by atoms with E-state index in [0.29, 0.717) is 11.5 Å². The van der Waals surface area contributed by atoms with Crippen LogP contribution in [0.2, 0.25) is 5.02 Å². The molecule has 2 N–H and O–H groups in total. The van der Waals surface area contributed by atoms with Gasteiger partial charge in [0.1, 0.15) is 6.61 Å². The lowest BCUT2D eigenvalue weighted by Crippen LogP contribution is -2.42. The van der Waals surface area contributed by atoms with Crippen LogP contribution in [0.1, 0.15) is 5.56 Å². The lowest BCUT2D eigenvalue weighted by atomic mass is 10.1. The Labute approximate surface area is 174 Å². The highest BCUT2D eigenvalue weighted by Crippen LogP contribution is 2.36. The normalized spacial score (nSPS) is 15.3. The number of fused-ring (bicyclic) bond motifs is 2. The molecule has 1 amide bonds. The predicted molar refractivity (Wildman–Crippen MR) is 109 cm³/mol. The first-order valence-electron chi connectivity index (χ1n) is 8.74. The van der Waals surface area contributed by atoms with Crippen LogP contribution in [0.25, 0.3) is 10.8 Å². The molecule has 0 saturated heterocycles. The van der Waals surface area contributed by atoms with Crippen LogP contribution in [0.5, 0.6) is 17.2 Å². The number of nitro groups is 1. The number of aromatic hydroxyl groups is 1. The third-order valence-corrected chi connectivity index (χ3v) is 4.64. The third-order valence-electron chi connectivity index (χ3n) is 4.42. The zero-order valence-electron chi connectivity index (χ0n) is 15.2. The van der Waals surface area contributed by atoms with Crippen molar-refractivity contribution in [3.8, 4) is 17.2 Å². The molecule has 152 valence electrons. The fourth-order valence-electron chi connectivity index (χ4n) is 2.97. The molecule has 1 heterocycles. The van der Waals surface area contributed by atoms with Crippen molar-refractivity contribution in [2.45, 2.75) is 6.10 Å². The maximum absolute atomic E-state index is 12.4. The van der Waals surface area contributed by atoms with Gasteiger partial charge in [-0.2, -0.15) is 5.10 Å². The summed E-state index contributed by atoms with van der Waals surface area (Å²) in [7, 11) is 0. The van der Waals surface area contributed by atoms with Gasteiger partial charge in [-0.3, -0.25) is 14.9 Å². The second kappa shape index (κ2) is 7.88. The molecule has 0 aromatic heterocycles. The number of hydrogen-bond donors (Lipinski definition) is 2. The quantitative estimate of drug-likeness (QED) is 0.373. The molecule has 10 heteroatoms. The van der Waals surface area contributed by atoms with Crippen LogP contribution < -0.4 is 14.9 Å². The first-order chi connectivity index (χ1) is 14.4. The fraction of sp³-hybridized carbons (Fsp3) is 0.100. The Bertz CT molecular complexity index is 1200. The molecule has 30 heavy (non-hydrogen) atoms. The number of hydrogen-bond acceptors (Lipinski definition) is 7. The number of amides is 1. The summed E-state index contributed by atoms with van der Waals surface area (Å²) in [5, 5.41) is 26.6. The van der Waals surface area contributed by atoms with Gasteiger partial charge >= 0.3 is 5.69 Å². The van der Waals surface area contributed by atoms with Gasteiger partial charge in [-0.1, -0.05) is 35.9 Å². The predicted octanol–water partition coefficient (Wildman–Crippen LogP) is 3.40. The molecule has 0 saturated carbocycles. The smallest absolute Gasteiger partial charge is 0.312 e. The van der Waals surface area contributed by atoms with E-state index in [2.05, 4.69) is 10.5 Å². The second-order valence-corrected chi connectivity index (χ2v) is 6.85. The van der Waals surface area contributed by atoms with Gasteiger partial charge in [-0.25, -0.2) is 5.43 Å². The summed E-state index contributed by atoms with van der Waals surface area (Å²) >= 11 is 5.82. The Morgan fingerprint density at radius 3 is 2.63 bits per heavy atom. The van der Waals surface area contributed by atoms with Crippen molar-refractivity contribution in [1.82, 2.24) is 5.43 Å². The van der Waals surface area contributed by atoms with Gasteiger partial charge in [-0.15, -0.1) is 0 Å². The number of rotatable bonds is 4. The number of nitro benzene ring substituents is 1. The van der Waals surface area contributed by atoms with E-state index in [1.54, 1.807) is 6.07 Å². The monoisotopic (exact) mass is 427 g/mol. The highest BCUT2D eigenvalue weighted by atomic mass is 35.5. The van der Waals surface area contributed by atoms with Gasteiger partial charge in [0.15, 0.2) is 11.5 Å². The van der Waals surface area contributed by atoms with Gasteiger partial charge in [0, 0.05) is 16.7 Å². The summed E-state index contributed by atoms with van der Waals surface area (Å²) in [4.78, 5) is 22.5. The molecule has 0 fully saturated rings. The topological polar surface area (TPSA) is 123 Å². The summed E-state index contributed by atoms with van der Waals surface area (Å²) in [6.07, 6.45) is 0.107. The number of phenolic OH excluding ortho intramolecular Hbond substituents is 1. The summed E-state index contributed by atoms with van der Waals surface area (Å²) < 4.78 is 11.4. The first kappa shape index (κ1) is 19.5. The molecule has 0 spiro atoms. The number of nitrogens with zero attached hydrogens (tertiary/aromatic N) is 2. The molecular formula is C20H14ClN3O6. The van der Waals surface area contributed by atoms with Crippen molar-refractivity contribution in [3.05, 3.63) is 69.2 Å². The SMILES string of the molecule is O=C(NN=Cc1cc(Cl)cc([N+](=O)[O-])c1O)C1COc2cc3ccccc3cc2O1. The minimum absolute atomic E-state index is 0.0133. The zero-order chi connectivity index (χ0) is 21.3. The Kier molecular flexibility index (Phi) is 5.11. The van der Waals surface area contributed by atoms with Crippen LogP contribution in [0.15, 0.2) is 53.6 Å². The Balaban J connectivity index is 1.47. The third kappa shape index (κ3) is 3.83. The van der Waals surface area contributed by atoms with Gasteiger partial charge in [0.2, 0.25) is 11.9 Å². The highest BCUT2D eigenvalue weighted by molar-refractivity contribution is 6.31. The highest BCUT2D eigenvalue weighted by Gasteiger charge is 2.28. The lowest BCUT2D eigenvalue weighted by molar-refractivity contribution is -0.385. The number of phenols is 1. The zero-order valence-corrected chi connectivity index (χ0v) is 16.0. The van der Waals surface area contributed by atoms with Crippen molar-refractivity contribution >= 4 is 40.2 Å². The van der Waals surface area contributed by atoms with Gasteiger partial charge in [-0.05, 0) is 29.0 Å². The lowest BCUT2D eigenvalue weighted by Gasteiger charge is -2.25. The molecular weight excluding hydrogens is 414 g/mol. The Morgan fingerprint density at radius 2 is 1.93 bits per heavy atom. The molecule has 1 atom stereocenters. The molecule has 1 unspecified atom stereocenters. The van der Waals surface area contributed by atoms with E-state index in [9.17, 15) is 20.0 Å². The number of hydrazone groups is 1. The van der Waals surface area contributed by atoms with Crippen LogP contribution in [0, 0.1) is 10.1 Å². The average Bonchev–Trinajstić information content (AvgIpc) is 2.73. The first-order valence-corrected chi connectivity index (χ1v) is 9.12. The van der Waals surface area contributed by atoms with Crippen molar-refractivity contribution in [2.75, 3.05) is 6.61 Å². The van der Waals surface area contributed by atoms with Gasteiger partial charge in [0.05, 0.1) is 11.1 Å². The Morgan fingerprint density at radius 1 is 1.23 bits per heavy atom. The molecule has 1 aliphatic heterocycles. The van der Waals surface area contributed by atoms with E-state index in [1.165, 1.54) is 6.07 Å². The van der Waals surface area contributed by atoms with Crippen LogP contribution in [0.4, 0.5) is 5.69 Å². The van der Waals surface area contributed by atoms with E-state index in [4.69, 9.17) is 21.1 Å². The van der Waals surface area contributed by atoms with Crippen molar-refractivity contribution in [1.29, 1.82) is 0 Å². The van der Waals surface area contributed by atoms with Crippen LogP contribution >= 0.6 is 11.6 Å². The minimum atomic E-state index is -0.946. The van der Waals surface area contributed by atoms with E-state index in [-0.39, 0.29) is 17.2 Å². The maximum Gasteiger partial charge on any atom is 0.312 e. The summed E-state index contributed by atoms with van der Waals surface area (Å²) in [5.41, 5.74) is 1.68. The van der Waals surface area contributed by atoms with E-state index in [1.807, 2.05) is 30.3 Å². The minimum Gasteiger partial charge on any atom is -0.502 e. The number of carbonyl (C=O) groups excluding carboxylic acids is 1. The van der Waals surface area contributed by atoms with Crippen molar-refractivity contribution < 1.29 is 24.3 Å².